The van der Waals surface area contributed by atoms with Crippen molar-refractivity contribution in [2.45, 2.75) is 18.4 Å². The normalized spacial score (nSPS) is 11.5. The molecule has 2 aromatic rings. The fourth-order valence-electron chi connectivity index (χ4n) is 2.14. The summed E-state index contributed by atoms with van der Waals surface area (Å²) in [5.74, 6) is -1.32. The Morgan fingerprint density at radius 1 is 1.12 bits per heavy atom. The van der Waals surface area contributed by atoms with Gasteiger partial charge in [-0.1, -0.05) is 36.4 Å². The van der Waals surface area contributed by atoms with E-state index >= 15 is 0 Å². The Labute approximate surface area is 140 Å². The van der Waals surface area contributed by atoms with E-state index in [1.54, 1.807) is 37.3 Å². The van der Waals surface area contributed by atoms with Crippen molar-refractivity contribution in [2.24, 2.45) is 0 Å². The molecule has 0 atom stereocenters. The molecule has 0 heterocycles. The molecule has 0 spiro atoms. The second-order valence-corrected chi connectivity index (χ2v) is 6.96. The molecule has 0 unspecified atom stereocenters. The highest BCUT2D eigenvalue weighted by molar-refractivity contribution is 7.89. The van der Waals surface area contributed by atoms with Gasteiger partial charge in [-0.3, -0.25) is 4.79 Å². The van der Waals surface area contributed by atoms with E-state index in [2.05, 4.69) is 0 Å². The van der Waals surface area contributed by atoms with E-state index in [0.29, 0.717) is 5.56 Å². The minimum absolute atomic E-state index is 0.0154. The summed E-state index contributed by atoms with van der Waals surface area (Å²) in [6, 6.07) is 13.5. The molecular weight excluding hydrogens is 333 g/mol. The van der Waals surface area contributed by atoms with Crippen molar-refractivity contribution in [1.29, 1.82) is 0 Å². The first-order valence-corrected chi connectivity index (χ1v) is 8.82. The molecule has 0 radical (unpaired) electrons. The Balaban J connectivity index is 2.34. The maximum atomic E-state index is 13.4. The third kappa shape index (κ3) is 4.62. The summed E-state index contributed by atoms with van der Waals surface area (Å²) in [6.45, 7) is 1.33. The molecule has 0 aliphatic carbocycles. The lowest BCUT2D eigenvalue weighted by atomic mass is 10.2. The number of ether oxygens (including phenoxy) is 1. The van der Waals surface area contributed by atoms with Crippen LogP contribution in [-0.2, 0) is 26.1 Å². The molecule has 5 nitrogen and oxygen atoms in total. The molecule has 2 aromatic carbocycles. The van der Waals surface area contributed by atoms with E-state index in [4.69, 9.17) is 4.74 Å². The molecular formula is C17H18FNO4S. The molecule has 0 N–H and O–H groups in total. The Kier molecular flexibility index (Phi) is 6.05. The second-order valence-electron chi connectivity index (χ2n) is 5.02. The standard InChI is InChI=1S/C17H18FNO4S/c1-2-23-17(20)13-19(12-14-7-4-3-5-8-14)24(21,22)16-10-6-9-15(18)11-16/h3-11H,2,12-13H2,1H3. The van der Waals surface area contributed by atoms with E-state index in [1.165, 1.54) is 12.1 Å². The summed E-state index contributed by atoms with van der Waals surface area (Å²) < 4.78 is 44.8. The molecule has 0 bridgehead atoms. The van der Waals surface area contributed by atoms with Gasteiger partial charge in [-0.05, 0) is 30.7 Å². The highest BCUT2D eigenvalue weighted by Gasteiger charge is 2.27. The van der Waals surface area contributed by atoms with Crippen molar-refractivity contribution < 1.29 is 22.3 Å². The van der Waals surface area contributed by atoms with Crippen LogP contribution in [0.1, 0.15) is 12.5 Å². The maximum Gasteiger partial charge on any atom is 0.321 e. The van der Waals surface area contributed by atoms with Crippen molar-refractivity contribution in [1.82, 2.24) is 4.31 Å². The van der Waals surface area contributed by atoms with E-state index in [-0.39, 0.29) is 18.0 Å². The van der Waals surface area contributed by atoms with Gasteiger partial charge in [-0.15, -0.1) is 0 Å². The monoisotopic (exact) mass is 351 g/mol. The summed E-state index contributed by atoms with van der Waals surface area (Å²) in [4.78, 5) is 11.6. The SMILES string of the molecule is CCOC(=O)CN(Cc1ccccc1)S(=O)(=O)c1cccc(F)c1. The zero-order valence-corrected chi connectivity index (χ0v) is 14.0. The summed E-state index contributed by atoms with van der Waals surface area (Å²) in [7, 11) is -4.04. The zero-order valence-electron chi connectivity index (χ0n) is 13.2. The summed E-state index contributed by atoms with van der Waals surface area (Å²) in [5.41, 5.74) is 0.710. The van der Waals surface area contributed by atoms with Crippen molar-refractivity contribution in [3.05, 3.63) is 66.0 Å². The van der Waals surface area contributed by atoms with Gasteiger partial charge in [-0.25, -0.2) is 12.8 Å². The van der Waals surface area contributed by atoms with Crippen LogP contribution in [0.2, 0.25) is 0 Å². The van der Waals surface area contributed by atoms with Gasteiger partial charge in [0.15, 0.2) is 0 Å². The Morgan fingerprint density at radius 3 is 2.46 bits per heavy atom. The predicted molar refractivity (Wildman–Crippen MR) is 87.1 cm³/mol. The molecule has 0 aromatic heterocycles. The minimum atomic E-state index is -4.04. The fraction of sp³-hybridized carbons (Fsp3) is 0.235. The zero-order chi connectivity index (χ0) is 17.6. The highest BCUT2D eigenvalue weighted by Crippen LogP contribution is 2.19. The number of rotatable bonds is 7. The smallest absolute Gasteiger partial charge is 0.321 e. The lowest BCUT2D eigenvalue weighted by Gasteiger charge is -2.21. The van der Waals surface area contributed by atoms with Crippen LogP contribution in [0.4, 0.5) is 4.39 Å². The minimum Gasteiger partial charge on any atom is -0.465 e. The van der Waals surface area contributed by atoms with Gasteiger partial charge in [0, 0.05) is 6.54 Å². The van der Waals surface area contributed by atoms with E-state index < -0.39 is 28.4 Å². The number of sulfonamides is 1. The van der Waals surface area contributed by atoms with Crippen molar-refractivity contribution in [2.75, 3.05) is 13.2 Å². The average molecular weight is 351 g/mol. The lowest BCUT2D eigenvalue weighted by molar-refractivity contribution is -0.143. The van der Waals surface area contributed by atoms with Crippen molar-refractivity contribution >= 4 is 16.0 Å². The topological polar surface area (TPSA) is 63.7 Å². The van der Waals surface area contributed by atoms with Crippen LogP contribution in [-0.4, -0.2) is 31.8 Å². The van der Waals surface area contributed by atoms with E-state index in [9.17, 15) is 17.6 Å². The van der Waals surface area contributed by atoms with Crippen LogP contribution in [0.25, 0.3) is 0 Å². The average Bonchev–Trinajstić information content (AvgIpc) is 2.55. The number of benzene rings is 2. The molecule has 0 aliphatic heterocycles. The lowest BCUT2D eigenvalue weighted by Crippen LogP contribution is -2.36. The molecule has 0 saturated carbocycles. The molecule has 2 rings (SSSR count). The van der Waals surface area contributed by atoms with Gasteiger partial charge in [0.05, 0.1) is 11.5 Å². The predicted octanol–water partition coefficient (Wildman–Crippen LogP) is 2.58. The fourth-order valence-corrected chi connectivity index (χ4v) is 3.54. The van der Waals surface area contributed by atoms with Gasteiger partial charge in [0.25, 0.3) is 0 Å². The quantitative estimate of drug-likeness (QED) is 0.719. The van der Waals surface area contributed by atoms with Crippen LogP contribution in [0.15, 0.2) is 59.5 Å². The maximum absolute atomic E-state index is 13.4. The number of hydrogen-bond acceptors (Lipinski definition) is 4. The van der Waals surface area contributed by atoms with Gasteiger partial charge in [0.1, 0.15) is 12.4 Å². The third-order valence-electron chi connectivity index (χ3n) is 3.25. The van der Waals surface area contributed by atoms with Gasteiger partial charge >= 0.3 is 5.97 Å². The molecule has 7 heteroatoms. The molecule has 0 aliphatic rings. The van der Waals surface area contributed by atoms with Gasteiger partial charge < -0.3 is 4.74 Å². The highest BCUT2D eigenvalue weighted by atomic mass is 32.2. The van der Waals surface area contributed by atoms with Crippen LogP contribution in [0.5, 0.6) is 0 Å². The Hall–Kier alpha value is -2.25. The molecule has 128 valence electrons. The Morgan fingerprint density at radius 2 is 1.83 bits per heavy atom. The summed E-state index contributed by atoms with van der Waals surface area (Å²) >= 11 is 0. The first kappa shape index (κ1) is 18.1. The largest absolute Gasteiger partial charge is 0.465 e. The third-order valence-corrected chi connectivity index (χ3v) is 5.03. The van der Waals surface area contributed by atoms with Crippen LogP contribution < -0.4 is 0 Å². The second kappa shape index (κ2) is 8.03. The van der Waals surface area contributed by atoms with E-state index in [0.717, 1.165) is 16.4 Å². The number of carbonyl (C=O) groups is 1. The van der Waals surface area contributed by atoms with Gasteiger partial charge in [-0.2, -0.15) is 4.31 Å². The number of esters is 1. The number of hydrogen-bond donors (Lipinski definition) is 0. The van der Waals surface area contributed by atoms with Crippen molar-refractivity contribution in [3.63, 3.8) is 0 Å². The summed E-state index contributed by atoms with van der Waals surface area (Å²) in [5, 5.41) is 0. The first-order chi connectivity index (χ1) is 11.4. The van der Waals surface area contributed by atoms with Crippen molar-refractivity contribution in [3.8, 4) is 0 Å². The molecule has 24 heavy (non-hydrogen) atoms. The van der Waals surface area contributed by atoms with Gasteiger partial charge in [0.2, 0.25) is 10.0 Å². The molecule has 0 amide bonds. The van der Waals surface area contributed by atoms with Crippen LogP contribution >= 0.6 is 0 Å². The number of carbonyl (C=O) groups excluding carboxylic acids is 1. The van der Waals surface area contributed by atoms with Crippen LogP contribution in [0.3, 0.4) is 0 Å². The molecule has 0 fully saturated rings. The van der Waals surface area contributed by atoms with E-state index in [1.807, 2.05) is 0 Å². The Bertz CT molecular complexity index is 793. The summed E-state index contributed by atoms with van der Waals surface area (Å²) in [6.07, 6.45) is 0. The van der Waals surface area contributed by atoms with Crippen LogP contribution in [0, 0.1) is 5.82 Å². The number of nitrogens with zero attached hydrogens (tertiary/aromatic N) is 1. The number of halogens is 1. The first-order valence-electron chi connectivity index (χ1n) is 7.38. The molecule has 0 saturated heterocycles.